The maximum Gasteiger partial charge on any atom is 0.136 e. The number of likely N-dealkylation sites (N-methyl/N-ethyl adjacent to an activating group) is 1. The van der Waals surface area contributed by atoms with Crippen LogP contribution in [0.15, 0.2) is 59.8 Å². The van der Waals surface area contributed by atoms with Crippen molar-refractivity contribution in [2.45, 2.75) is 0 Å². The van der Waals surface area contributed by atoms with Crippen LogP contribution < -0.4 is 4.74 Å². The van der Waals surface area contributed by atoms with Gasteiger partial charge in [0.2, 0.25) is 0 Å². The summed E-state index contributed by atoms with van der Waals surface area (Å²) in [6.45, 7) is 0. The fourth-order valence-electron chi connectivity index (χ4n) is 2.28. The number of ether oxygens (including phenoxy) is 1. The third-order valence-electron chi connectivity index (χ3n) is 3.53. The molecule has 0 unspecified atom stereocenters. The largest absolute Gasteiger partial charge is 0.497 e. The Hall–Kier alpha value is -2.84. The van der Waals surface area contributed by atoms with Crippen molar-refractivity contribution in [2.24, 2.45) is 0 Å². The summed E-state index contributed by atoms with van der Waals surface area (Å²) in [5.41, 5.74) is 3.30. The monoisotopic (exact) mass is 321 g/mol. The number of hydrogen-bond acceptors (Lipinski definition) is 5. The summed E-state index contributed by atoms with van der Waals surface area (Å²) in [5.74, 6) is 0.810. The predicted octanol–water partition coefficient (Wildman–Crippen LogP) is 4.07. The van der Waals surface area contributed by atoms with Crippen LogP contribution in [0.4, 0.5) is 0 Å². The molecule has 0 radical (unpaired) electrons. The van der Waals surface area contributed by atoms with E-state index in [1.54, 1.807) is 7.11 Å². The third-order valence-corrected chi connectivity index (χ3v) is 4.39. The predicted molar refractivity (Wildman–Crippen MR) is 92.7 cm³/mol. The fraction of sp³-hybridized carbons (Fsp3) is 0.111. The van der Waals surface area contributed by atoms with E-state index in [1.165, 1.54) is 11.3 Å². The van der Waals surface area contributed by atoms with Crippen molar-refractivity contribution in [3.63, 3.8) is 0 Å². The lowest BCUT2D eigenvalue weighted by molar-refractivity contribution is 0.415. The summed E-state index contributed by atoms with van der Waals surface area (Å²) < 4.78 is 5.17. The lowest BCUT2D eigenvalue weighted by atomic mass is 10.1. The van der Waals surface area contributed by atoms with E-state index >= 15 is 0 Å². The van der Waals surface area contributed by atoms with Gasteiger partial charge < -0.3 is 9.64 Å². The van der Waals surface area contributed by atoms with Gasteiger partial charge in [0.15, 0.2) is 0 Å². The molecule has 114 valence electrons. The molecule has 5 heteroatoms. The molecule has 1 aromatic carbocycles. The molecule has 0 aliphatic carbocycles. The molecule has 0 fully saturated rings. The number of allylic oxidation sites excluding steroid dienone is 4. The number of methoxy groups -OCH3 is 1. The van der Waals surface area contributed by atoms with Gasteiger partial charge in [-0.2, -0.15) is 5.26 Å². The van der Waals surface area contributed by atoms with Crippen molar-refractivity contribution in [2.75, 3.05) is 14.2 Å². The summed E-state index contributed by atoms with van der Waals surface area (Å²) in [6, 6.07) is 10.0. The number of aromatic nitrogens is 1. The van der Waals surface area contributed by atoms with Crippen LogP contribution >= 0.6 is 11.3 Å². The van der Waals surface area contributed by atoms with Crippen LogP contribution in [0.3, 0.4) is 0 Å². The minimum atomic E-state index is 0.581. The summed E-state index contributed by atoms with van der Waals surface area (Å²) in [7, 11) is 3.56. The second-order valence-corrected chi connectivity index (χ2v) is 5.81. The van der Waals surface area contributed by atoms with E-state index < -0.39 is 0 Å². The van der Waals surface area contributed by atoms with Gasteiger partial charge in [-0.05, 0) is 36.4 Å². The Labute approximate surface area is 139 Å². The Bertz CT molecular complexity index is 838. The van der Waals surface area contributed by atoms with Crippen LogP contribution in [-0.2, 0) is 0 Å². The van der Waals surface area contributed by atoms with Crippen LogP contribution in [0, 0.1) is 11.3 Å². The second kappa shape index (κ2) is 6.51. The van der Waals surface area contributed by atoms with Gasteiger partial charge in [-0.3, -0.25) is 0 Å². The maximum absolute atomic E-state index is 9.56. The normalized spacial score (nSPS) is 15.4. The molecule has 1 aliphatic rings. The summed E-state index contributed by atoms with van der Waals surface area (Å²) >= 11 is 1.48. The molecule has 23 heavy (non-hydrogen) atoms. The lowest BCUT2D eigenvalue weighted by Gasteiger charge is -2.18. The molecule has 0 spiro atoms. The van der Waals surface area contributed by atoms with Gasteiger partial charge in [-0.15, -0.1) is 11.3 Å². The first-order valence-electron chi connectivity index (χ1n) is 7.05. The number of benzene rings is 1. The Morgan fingerprint density at radius 2 is 2.04 bits per heavy atom. The highest BCUT2D eigenvalue weighted by atomic mass is 32.1. The van der Waals surface area contributed by atoms with E-state index in [-0.39, 0.29) is 0 Å². The number of hydrogen-bond donors (Lipinski definition) is 0. The Morgan fingerprint density at radius 1 is 1.26 bits per heavy atom. The highest BCUT2D eigenvalue weighted by Gasteiger charge is 2.15. The average Bonchev–Trinajstić information content (AvgIpc) is 3.07. The summed E-state index contributed by atoms with van der Waals surface area (Å²) in [6.07, 6.45) is 7.70. The zero-order chi connectivity index (χ0) is 16.2. The Morgan fingerprint density at radius 3 is 2.70 bits per heavy atom. The van der Waals surface area contributed by atoms with Crippen LogP contribution in [-0.4, -0.2) is 24.0 Å². The van der Waals surface area contributed by atoms with Crippen molar-refractivity contribution in [3.8, 4) is 23.1 Å². The first-order chi connectivity index (χ1) is 11.2. The molecule has 0 amide bonds. The Balaban J connectivity index is 1.97. The quantitative estimate of drug-likeness (QED) is 0.800. The van der Waals surface area contributed by atoms with Gasteiger partial charge in [-0.25, -0.2) is 4.98 Å². The van der Waals surface area contributed by atoms with E-state index in [9.17, 15) is 5.26 Å². The van der Waals surface area contributed by atoms with Gasteiger partial charge in [0, 0.05) is 24.2 Å². The molecule has 4 nitrogen and oxygen atoms in total. The molecule has 2 heterocycles. The highest BCUT2D eigenvalue weighted by molar-refractivity contribution is 7.11. The van der Waals surface area contributed by atoms with Gasteiger partial charge >= 0.3 is 0 Å². The zero-order valence-electron chi connectivity index (χ0n) is 12.9. The molecule has 0 saturated carbocycles. The smallest absolute Gasteiger partial charge is 0.136 e. The summed E-state index contributed by atoms with van der Waals surface area (Å²) in [4.78, 5) is 6.55. The van der Waals surface area contributed by atoms with Gasteiger partial charge in [-0.1, -0.05) is 6.08 Å². The molecule has 0 atom stereocenters. The first kappa shape index (κ1) is 15.1. The molecule has 0 saturated heterocycles. The number of nitrogens with zero attached hydrogens (tertiary/aromatic N) is 3. The van der Waals surface area contributed by atoms with Crippen LogP contribution in [0.5, 0.6) is 5.75 Å². The van der Waals surface area contributed by atoms with Crippen molar-refractivity contribution in [1.82, 2.24) is 9.88 Å². The number of rotatable bonds is 3. The van der Waals surface area contributed by atoms with Crippen molar-refractivity contribution >= 4 is 16.9 Å². The SMILES string of the molecule is COc1ccc(-c2csc(/C(C#N)=C3\C=CC=CN3C)n2)cc1. The van der Waals surface area contributed by atoms with Crippen molar-refractivity contribution < 1.29 is 4.74 Å². The van der Waals surface area contributed by atoms with E-state index in [2.05, 4.69) is 11.1 Å². The minimum absolute atomic E-state index is 0.581. The Kier molecular flexibility index (Phi) is 4.26. The van der Waals surface area contributed by atoms with Crippen LogP contribution in [0.1, 0.15) is 5.01 Å². The van der Waals surface area contributed by atoms with E-state index in [4.69, 9.17) is 4.74 Å². The fourth-order valence-corrected chi connectivity index (χ4v) is 3.11. The zero-order valence-corrected chi connectivity index (χ0v) is 13.7. The van der Waals surface area contributed by atoms with Crippen molar-refractivity contribution in [1.29, 1.82) is 5.26 Å². The lowest BCUT2D eigenvalue weighted by Crippen LogP contribution is -2.12. The second-order valence-electron chi connectivity index (χ2n) is 4.95. The van der Waals surface area contributed by atoms with E-state index in [0.717, 1.165) is 27.7 Å². The van der Waals surface area contributed by atoms with Crippen LogP contribution in [0.2, 0.25) is 0 Å². The molecule has 0 bridgehead atoms. The molecular formula is C18H15N3OS. The third kappa shape index (κ3) is 3.03. The molecular weight excluding hydrogens is 306 g/mol. The van der Waals surface area contributed by atoms with E-state index in [0.29, 0.717) is 5.57 Å². The van der Waals surface area contributed by atoms with Crippen LogP contribution in [0.25, 0.3) is 16.8 Å². The number of thiazole rings is 1. The average molecular weight is 321 g/mol. The van der Waals surface area contributed by atoms with Gasteiger partial charge in [0.25, 0.3) is 0 Å². The first-order valence-corrected chi connectivity index (χ1v) is 7.93. The molecule has 1 aromatic heterocycles. The maximum atomic E-state index is 9.56. The van der Waals surface area contributed by atoms with E-state index in [1.807, 2.05) is 66.0 Å². The molecule has 0 N–H and O–H groups in total. The topological polar surface area (TPSA) is 49.1 Å². The standard InChI is InChI=1S/C18H15N3OS/c1-21-10-4-3-5-17(21)15(11-19)18-20-16(12-23-18)13-6-8-14(22-2)9-7-13/h3-10,12H,1-2H3/b17-15+. The summed E-state index contributed by atoms with van der Waals surface area (Å²) in [5, 5.41) is 12.2. The van der Waals surface area contributed by atoms with Crippen molar-refractivity contribution in [3.05, 3.63) is 64.8 Å². The van der Waals surface area contributed by atoms with Gasteiger partial charge in [0.05, 0.1) is 18.5 Å². The molecule has 2 aromatic rings. The molecule has 1 aliphatic heterocycles. The number of nitriles is 1. The molecule has 3 rings (SSSR count). The minimum Gasteiger partial charge on any atom is -0.497 e. The highest BCUT2D eigenvalue weighted by Crippen LogP contribution is 2.30. The van der Waals surface area contributed by atoms with Gasteiger partial charge in [0.1, 0.15) is 22.4 Å².